The molecule has 1 aromatic rings. The number of hydrogen-bond acceptors (Lipinski definition) is 3. The van der Waals surface area contributed by atoms with Gasteiger partial charge in [0.05, 0.1) is 11.1 Å². The molecule has 152 valence electrons. The van der Waals surface area contributed by atoms with Crippen LogP contribution in [-0.4, -0.2) is 25.0 Å². The zero-order valence-electron chi connectivity index (χ0n) is 13.3. The Hall–Kier alpha value is -1.23. The molecule has 0 radical (unpaired) electrons. The molecular weight excluding hydrogens is 411 g/mol. The van der Waals surface area contributed by atoms with E-state index in [0.717, 1.165) is 0 Å². The minimum Gasteiger partial charge on any atom is -0.350 e. The number of amides is 1. The summed E-state index contributed by atoms with van der Waals surface area (Å²) in [6.07, 6.45) is -9.31. The highest BCUT2D eigenvalue weighted by Crippen LogP contribution is 2.40. The molecule has 0 bridgehead atoms. The average Bonchev–Trinajstić information content (AvgIpc) is 2.48. The van der Waals surface area contributed by atoms with Crippen molar-refractivity contribution in [3.05, 3.63) is 34.9 Å². The summed E-state index contributed by atoms with van der Waals surface area (Å²) in [4.78, 5) is 11.8. The maximum Gasteiger partial charge on any atom is 0.417 e. The summed E-state index contributed by atoms with van der Waals surface area (Å²) in [7, 11) is 0. The monoisotopic (exact) mass is 429 g/mol. The van der Waals surface area contributed by atoms with Crippen LogP contribution in [0.15, 0.2) is 18.2 Å². The van der Waals surface area contributed by atoms with Crippen LogP contribution in [0.4, 0.5) is 26.3 Å². The highest BCUT2D eigenvalue weighted by molar-refractivity contribution is 5.94. The van der Waals surface area contributed by atoms with Crippen molar-refractivity contribution in [3.8, 4) is 0 Å². The van der Waals surface area contributed by atoms with Gasteiger partial charge in [-0.3, -0.25) is 4.79 Å². The van der Waals surface area contributed by atoms with Crippen LogP contribution in [0.5, 0.6) is 0 Å². The van der Waals surface area contributed by atoms with Crippen LogP contribution in [0.2, 0.25) is 0 Å². The van der Waals surface area contributed by atoms with E-state index in [9.17, 15) is 31.1 Å². The van der Waals surface area contributed by atoms with Crippen molar-refractivity contribution in [2.24, 2.45) is 11.5 Å². The maximum atomic E-state index is 12.8. The smallest absolute Gasteiger partial charge is 0.350 e. The summed E-state index contributed by atoms with van der Waals surface area (Å²) in [5.41, 5.74) is 6.68. The van der Waals surface area contributed by atoms with Crippen molar-refractivity contribution in [1.29, 1.82) is 0 Å². The number of nitrogens with two attached hydrogens (primary N) is 2. The normalized spacial score (nSPS) is 12.6. The van der Waals surface area contributed by atoms with Crippen molar-refractivity contribution in [1.82, 2.24) is 5.32 Å². The number of rotatable bonds is 6. The second kappa shape index (κ2) is 10.8. The lowest BCUT2D eigenvalue weighted by Gasteiger charge is -2.17. The minimum atomic E-state index is -5.24. The van der Waals surface area contributed by atoms with Gasteiger partial charge in [-0.05, 0) is 37.6 Å². The first-order chi connectivity index (χ1) is 11.0. The molecule has 12 heteroatoms. The van der Waals surface area contributed by atoms with E-state index in [2.05, 4.69) is 5.32 Å². The van der Waals surface area contributed by atoms with Crippen molar-refractivity contribution in [3.63, 3.8) is 0 Å². The molecule has 5 N–H and O–H groups in total. The molecule has 0 aliphatic carbocycles. The Morgan fingerprint density at radius 3 is 2.04 bits per heavy atom. The molecule has 0 aromatic heterocycles. The standard InChI is InChI=1S/C14H17F6N3O.2ClH/c15-13(16,17)10-4-3-8(6-11(10)14(18,19)20)12(24)23-7-9(22)2-1-5-21;;/h3-4,6,9H,1-2,5,7,21-22H2,(H,23,24);2*1H/t9-;;/m0../s1. The molecule has 0 saturated carbocycles. The SMILES string of the molecule is Cl.Cl.NCCC[C@H](N)CNC(=O)c1ccc(C(F)(F)F)c(C(F)(F)F)c1. The van der Waals surface area contributed by atoms with E-state index in [1.807, 2.05) is 0 Å². The summed E-state index contributed by atoms with van der Waals surface area (Å²) in [5.74, 6) is -0.933. The van der Waals surface area contributed by atoms with E-state index in [-0.39, 0.29) is 43.5 Å². The molecule has 0 spiro atoms. The van der Waals surface area contributed by atoms with Crippen molar-refractivity contribution in [2.45, 2.75) is 31.2 Å². The topological polar surface area (TPSA) is 81.1 Å². The van der Waals surface area contributed by atoms with E-state index in [1.54, 1.807) is 0 Å². The summed E-state index contributed by atoms with van der Waals surface area (Å²) >= 11 is 0. The molecule has 4 nitrogen and oxygen atoms in total. The zero-order valence-corrected chi connectivity index (χ0v) is 14.9. The third-order valence-electron chi connectivity index (χ3n) is 3.20. The Morgan fingerprint density at radius 2 is 1.58 bits per heavy atom. The average molecular weight is 430 g/mol. The van der Waals surface area contributed by atoms with Gasteiger partial charge < -0.3 is 16.8 Å². The number of carbonyl (C=O) groups excluding carboxylic acids is 1. The molecule has 1 rings (SSSR count). The van der Waals surface area contributed by atoms with Gasteiger partial charge in [0.2, 0.25) is 0 Å². The first kappa shape index (κ1) is 27.0. The number of nitrogens with one attached hydrogen (secondary N) is 1. The highest BCUT2D eigenvalue weighted by atomic mass is 35.5. The van der Waals surface area contributed by atoms with Gasteiger partial charge in [0.15, 0.2) is 0 Å². The third kappa shape index (κ3) is 7.98. The van der Waals surface area contributed by atoms with E-state index in [0.29, 0.717) is 25.5 Å². The number of carbonyl (C=O) groups is 1. The fourth-order valence-corrected chi connectivity index (χ4v) is 1.98. The second-order valence-electron chi connectivity index (χ2n) is 5.16. The fraction of sp³-hybridized carbons (Fsp3) is 0.500. The number of alkyl halides is 6. The molecule has 0 fully saturated rings. The Labute approximate surface area is 158 Å². The van der Waals surface area contributed by atoms with Crippen LogP contribution >= 0.6 is 24.8 Å². The van der Waals surface area contributed by atoms with Crippen LogP contribution in [0, 0.1) is 0 Å². The van der Waals surface area contributed by atoms with Gasteiger partial charge in [0.1, 0.15) is 0 Å². The van der Waals surface area contributed by atoms with Crippen LogP contribution < -0.4 is 16.8 Å². The molecule has 1 aromatic carbocycles. The molecule has 1 amide bonds. The molecule has 0 aliphatic heterocycles. The van der Waals surface area contributed by atoms with Crippen LogP contribution in [0.1, 0.15) is 34.3 Å². The van der Waals surface area contributed by atoms with Crippen LogP contribution in [0.3, 0.4) is 0 Å². The molecular formula is C14H19Cl2F6N3O. The third-order valence-corrected chi connectivity index (χ3v) is 3.20. The first-order valence-electron chi connectivity index (χ1n) is 6.99. The Bertz CT molecular complexity index is 581. The number of benzene rings is 1. The summed E-state index contributed by atoms with van der Waals surface area (Å²) < 4.78 is 76.4. The largest absolute Gasteiger partial charge is 0.417 e. The predicted molar refractivity (Wildman–Crippen MR) is 89.5 cm³/mol. The molecule has 0 aliphatic rings. The van der Waals surface area contributed by atoms with Gasteiger partial charge in [0.25, 0.3) is 5.91 Å². The van der Waals surface area contributed by atoms with E-state index < -0.39 is 41.0 Å². The van der Waals surface area contributed by atoms with Gasteiger partial charge in [0, 0.05) is 18.2 Å². The highest BCUT2D eigenvalue weighted by Gasteiger charge is 2.43. The molecule has 0 unspecified atom stereocenters. The molecule has 26 heavy (non-hydrogen) atoms. The molecule has 0 heterocycles. The Morgan fingerprint density at radius 1 is 1.04 bits per heavy atom. The van der Waals surface area contributed by atoms with Crippen LogP contribution in [-0.2, 0) is 12.4 Å². The van der Waals surface area contributed by atoms with Gasteiger partial charge in [-0.15, -0.1) is 24.8 Å². The van der Waals surface area contributed by atoms with Gasteiger partial charge in [-0.1, -0.05) is 0 Å². The zero-order chi connectivity index (χ0) is 18.5. The fourth-order valence-electron chi connectivity index (χ4n) is 1.98. The maximum absolute atomic E-state index is 12.8. The van der Waals surface area contributed by atoms with Crippen molar-refractivity contribution < 1.29 is 31.1 Å². The van der Waals surface area contributed by atoms with Gasteiger partial charge in [-0.2, -0.15) is 26.3 Å². The van der Waals surface area contributed by atoms with E-state index in [4.69, 9.17) is 11.5 Å². The summed E-state index contributed by atoms with van der Waals surface area (Å²) in [6.45, 7) is 0.372. The lowest BCUT2D eigenvalue weighted by atomic mass is 10.0. The Balaban J connectivity index is 0. The summed E-state index contributed by atoms with van der Waals surface area (Å²) in [5, 5.41) is 2.29. The van der Waals surface area contributed by atoms with Gasteiger partial charge >= 0.3 is 12.4 Å². The van der Waals surface area contributed by atoms with E-state index in [1.165, 1.54) is 0 Å². The lowest BCUT2D eigenvalue weighted by Crippen LogP contribution is -2.37. The molecule has 0 saturated heterocycles. The van der Waals surface area contributed by atoms with Crippen molar-refractivity contribution in [2.75, 3.05) is 13.1 Å². The van der Waals surface area contributed by atoms with Crippen LogP contribution in [0.25, 0.3) is 0 Å². The Kier molecular flexibility index (Phi) is 11.2. The second-order valence-corrected chi connectivity index (χ2v) is 5.16. The lowest BCUT2D eigenvalue weighted by molar-refractivity contribution is -0.162. The van der Waals surface area contributed by atoms with Crippen molar-refractivity contribution >= 4 is 30.7 Å². The first-order valence-corrected chi connectivity index (χ1v) is 6.99. The minimum absolute atomic E-state index is 0. The van der Waals surface area contributed by atoms with E-state index >= 15 is 0 Å². The predicted octanol–water partition coefficient (Wildman–Crippen LogP) is 3.36. The number of halogens is 8. The quantitative estimate of drug-likeness (QED) is 0.606. The molecule has 1 atom stereocenters. The van der Waals surface area contributed by atoms with Gasteiger partial charge in [-0.25, -0.2) is 0 Å². The number of hydrogen-bond donors (Lipinski definition) is 3. The summed E-state index contributed by atoms with van der Waals surface area (Å²) in [6, 6.07) is 0.670.